The zero-order valence-corrected chi connectivity index (χ0v) is 23.2. The van der Waals surface area contributed by atoms with Crippen LogP contribution in [0.5, 0.6) is 0 Å². The third kappa shape index (κ3) is 6.59. The first-order valence-electron chi connectivity index (χ1n) is 10.5. The Bertz CT molecular complexity index is 592. The Morgan fingerprint density at radius 3 is 1.29 bits per heavy atom. The zero-order valence-electron chi connectivity index (χ0n) is 17.5. The second-order valence-corrected chi connectivity index (χ2v) is 15.1. The molecule has 0 unspecified atom stereocenters. The Morgan fingerprint density at radius 1 is 0.679 bits per heavy atom. The summed E-state index contributed by atoms with van der Waals surface area (Å²) in [5.74, 6) is 0. The molecular formula is C24H35IP2Pd+2. The molecule has 2 aromatic carbocycles. The van der Waals surface area contributed by atoms with Crippen molar-refractivity contribution in [3.8, 4) is 0 Å². The van der Waals surface area contributed by atoms with Crippen molar-refractivity contribution in [2.24, 2.45) is 0 Å². The fourth-order valence-electron chi connectivity index (χ4n) is 4.98. The first-order valence-corrected chi connectivity index (χ1v) is 18.4. The molecule has 0 amide bonds. The molecule has 4 atom stereocenters. The molecule has 0 aliphatic carbocycles. The molecule has 0 saturated carbocycles. The second-order valence-electron chi connectivity index (χ2n) is 8.29. The summed E-state index contributed by atoms with van der Waals surface area (Å²) in [6, 6.07) is 22.1. The van der Waals surface area contributed by atoms with E-state index in [0.29, 0.717) is 0 Å². The predicted molar refractivity (Wildman–Crippen MR) is 138 cm³/mol. The van der Waals surface area contributed by atoms with Gasteiger partial charge in [0.25, 0.3) is 0 Å². The maximum Gasteiger partial charge on any atom is -0.171 e. The molecule has 28 heavy (non-hydrogen) atoms. The third-order valence-electron chi connectivity index (χ3n) is 6.35. The number of hydrogen-bond donors (Lipinski definition) is 0. The Balaban J connectivity index is 0.000000296. The van der Waals surface area contributed by atoms with Gasteiger partial charge in [-0.05, 0) is 65.5 Å². The van der Waals surface area contributed by atoms with Crippen LogP contribution in [-0.2, 0) is 15.6 Å². The van der Waals surface area contributed by atoms with Crippen LogP contribution < -0.4 is 10.6 Å². The van der Waals surface area contributed by atoms with E-state index in [9.17, 15) is 0 Å². The Hall–Kier alpha value is 0.692. The van der Waals surface area contributed by atoms with Gasteiger partial charge < -0.3 is 0 Å². The molecule has 0 nitrogen and oxygen atoms in total. The van der Waals surface area contributed by atoms with Gasteiger partial charge in [-0.3, -0.25) is 0 Å². The van der Waals surface area contributed by atoms with Crippen molar-refractivity contribution < 1.29 is 15.6 Å². The molecule has 4 heteroatoms. The summed E-state index contributed by atoms with van der Waals surface area (Å²) >= 11 is 4.72. The molecule has 0 bridgehead atoms. The van der Waals surface area contributed by atoms with E-state index < -0.39 is 0 Å². The van der Waals surface area contributed by atoms with Crippen molar-refractivity contribution in [1.82, 2.24) is 0 Å². The molecule has 2 aliphatic heterocycles. The van der Waals surface area contributed by atoms with Crippen molar-refractivity contribution in [2.45, 2.75) is 76.0 Å². The third-order valence-corrected chi connectivity index (χ3v) is 14.1. The average molecular weight is 619 g/mol. The summed E-state index contributed by atoms with van der Waals surface area (Å²) < 4.78 is 0. The molecule has 2 fully saturated rings. The first kappa shape index (κ1) is 25.0. The standard InChI is InChI=1S/C18H28P2.C6H5.HI.Pd/c1-13-9-10-14(2)19(13)17-7-5-6-8-18(17)20-15(3)11-12-16(20)4;1-2-4-6-5-3-1;;/h5-8,13-16H,9-12H2,1-4H3;1-5H;1H;/q;-1;;+2/p+1/t13-,14-,15-,16-;;;/m1.../s1. The molecule has 0 aromatic heterocycles. The minimum atomic E-state index is -0.332. The van der Waals surface area contributed by atoms with Gasteiger partial charge in [0.05, 0.1) is 22.6 Å². The van der Waals surface area contributed by atoms with E-state index in [1.165, 1.54) is 25.7 Å². The first-order chi connectivity index (χ1) is 13.6. The van der Waals surface area contributed by atoms with Crippen molar-refractivity contribution in [1.29, 1.82) is 0 Å². The number of halogens is 1. The van der Waals surface area contributed by atoms with Crippen LogP contribution in [-0.4, -0.2) is 22.6 Å². The molecule has 156 valence electrons. The monoisotopic (exact) mass is 618 g/mol. The second kappa shape index (κ2) is 13.2. The smallest absolute Gasteiger partial charge is 0.171 e. The molecule has 0 radical (unpaired) electrons. The molecule has 0 N–H and O–H groups in total. The fourth-order valence-corrected chi connectivity index (χ4v) is 13.2. The summed E-state index contributed by atoms with van der Waals surface area (Å²) in [6.45, 7) is 10.1. The summed E-state index contributed by atoms with van der Waals surface area (Å²) in [7, 11) is -0.664. The SMILES string of the molecule is C[C@@H]1CC[C@@H](C)[PH+]1c1ccccc1[PH+]1[C@H](C)CC[C@H]1C.[Pd+][I].[c-]1ccccc1. The van der Waals surface area contributed by atoms with Gasteiger partial charge in [0.2, 0.25) is 0 Å². The number of hydrogen-bond acceptors (Lipinski definition) is 0. The molecule has 4 rings (SSSR count). The topological polar surface area (TPSA) is 0 Å². The van der Waals surface area contributed by atoms with Crippen LogP contribution in [0.2, 0.25) is 0 Å². The van der Waals surface area contributed by atoms with Gasteiger partial charge in [-0.1, -0.05) is 12.1 Å². The van der Waals surface area contributed by atoms with E-state index in [2.05, 4.69) is 73.6 Å². The van der Waals surface area contributed by atoms with E-state index in [4.69, 9.17) is 0 Å². The maximum atomic E-state index is 2.89. The quantitative estimate of drug-likeness (QED) is 0.149. The Morgan fingerprint density at radius 2 is 1.04 bits per heavy atom. The molecule has 2 aliphatic rings. The van der Waals surface area contributed by atoms with Crippen LogP contribution >= 0.6 is 35.4 Å². The number of rotatable bonds is 2. The van der Waals surface area contributed by atoms with Gasteiger partial charge in [-0.25, -0.2) is 0 Å². The predicted octanol–water partition coefficient (Wildman–Crippen LogP) is 6.88. The van der Waals surface area contributed by atoms with Crippen LogP contribution in [0.3, 0.4) is 0 Å². The van der Waals surface area contributed by atoms with Crippen molar-refractivity contribution >= 4 is 46.0 Å². The fraction of sp³-hybridized carbons (Fsp3) is 0.500. The maximum absolute atomic E-state index is 2.89. The molecular weight excluding hydrogens is 584 g/mol. The Kier molecular flexibility index (Phi) is 11.7. The van der Waals surface area contributed by atoms with E-state index in [0.717, 1.165) is 22.6 Å². The van der Waals surface area contributed by atoms with Crippen molar-refractivity contribution in [3.05, 3.63) is 60.7 Å². The summed E-state index contributed by atoms with van der Waals surface area (Å²) in [5.41, 5.74) is 3.91. The Labute approximate surface area is 196 Å². The minimum Gasteiger partial charge on any atom is -0.184 e. The molecule has 2 heterocycles. The van der Waals surface area contributed by atoms with E-state index in [1.807, 2.05) is 60.5 Å². The summed E-state index contributed by atoms with van der Waals surface area (Å²) in [5, 5.41) is 3.67. The van der Waals surface area contributed by atoms with Gasteiger partial charge >= 0.3 is 35.1 Å². The molecule has 0 spiro atoms. The van der Waals surface area contributed by atoms with Crippen molar-refractivity contribution in [2.75, 3.05) is 0 Å². The molecule has 2 saturated heterocycles. The summed E-state index contributed by atoms with van der Waals surface area (Å²) in [4.78, 5) is 0. The zero-order chi connectivity index (χ0) is 20.5. The summed E-state index contributed by atoms with van der Waals surface area (Å²) in [6.07, 6.45) is 5.88. The average Bonchev–Trinajstić information content (AvgIpc) is 3.26. The van der Waals surface area contributed by atoms with E-state index in [-0.39, 0.29) is 15.8 Å². The van der Waals surface area contributed by atoms with Gasteiger partial charge in [0, 0.05) is 15.8 Å². The van der Waals surface area contributed by atoms with E-state index in [1.54, 1.807) is 0 Å². The van der Waals surface area contributed by atoms with Crippen LogP contribution in [0.25, 0.3) is 0 Å². The van der Waals surface area contributed by atoms with Gasteiger partial charge in [-0.15, -0.1) is 0 Å². The minimum absolute atomic E-state index is 0.332. The van der Waals surface area contributed by atoms with Crippen molar-refractivity contribution in [3.63, 3.8) is 0 Å². The van der Waals surface area contributed by atoms with Crippen LogP contribution in [0.15, 0.2) is 54.6 Å². The normalized spacial score (nSPS) is 27.5. The molecule has 2 aromatic rings. The van der Waals surface area contributed by atoms with E-state index >= 15 is 0 Å². The van der Waals surface area contributed by atoms with Gasteiger partial charge in [0.1, 0.15) is 10.6 Å². The largest absolute Gasteiger partial charge is 0.184 e. The van der Waals surface area contributed by atoms with Gasteiger partial charge in [0.15, 0.2) is 0 Å². The number of benzene rings is 2. The van der Waals surface area contributed by atoms with Crippen LogP contribution in [0, 0.1) is 6.07 Å². The van der Waals surface area contributed by atoms with Crippen LogP contribution in [0.1, 0.15) is 53.4 Å². The van der Waals surface area contributed by atoms with Crippen LogP contribution in [0.4, 0.5) is 0 Å². The van der Waals surface area contributed by atoms with Gasteiger partial charge in [-0.2, -0.15) is 36.4 Å².